The van der Waals surface area contributed by atoms with Gasteiger partial charge in [-0.1, -0.05) is 48.5 Å². The molecule has 3 rings (SSSR count). The number of rotatable bonds is 4. The molecule has 5 nitrogen and oxygen atoms in total. The Bertz CT molecular complexity index is 714. The van der Waals surface area contributed by atoms with Crippen molar-refractivity contribution >= 4 is 23.7 Å². The van der Waals surface area contributed by atoms with E-state index >= 15 is 0 Å². The van der Waals surface area contributed by atoms with Crippen molar-refractivity contribution in [2.75, 3.05) is 11.4 Å². The van der Waals surface area contributed by atoms with Crippen molar-refractivity contribution in [1.29, 1.82) is 0 Å². The first-order chi connectivity index (χ1) is 11.2. The van der Waals surface area contributed by atoms with Crippen LogP contribution in [0.2, 0.25) is 0 Å². The molecule has 0 spiro atoms. The van der Waals surface area contributed by atoms with Gasteiger partial charge in [-0.2, -0.15) is 5.10 Å². The van der Waals surface area contributed by atoms with Crippen molar-refractivity contribution in [1.82, 2.24) is 5.43 Å². The highest BCUT2D eigenvalue weighted by Gasteiger charge is 2.34. The topological polar surface area (TPSA) is 61.8 Å². The van der Waals surface area contributed by atoms with Crippen LogP contribution in [0.25, 0.3) is 0 Å². The van der Waals surface area contributed by atoms with Gasteiger partial charge in [0.05, 0.1) is 12.1 Å². The Labute approximate surface area is 134 Å². The van der Waals surface area contributed by atoms with Crippen LogP contribution in [0.1, 0.15) is 12.0 Å². The van der Waals surface area contributed by atoms with Crippen LogP contribution < -0.4 is 10.3 Å². The summed E-state index contributed by atoms with van der Waals surface area (Å²) in [5, 5.41) is 3.95. The first-order valence-corrected chi connectivity index (χ1v) is 7.47. The Kier molecular flexibility index (Phi) is 4.47. The Morgan fingerprint density at radius 1 is 1.09 bits per heavy atom. The second-order valence-corrected chi connectivity index (χ2v) is 5.39. The number of carbonyl (C=O) groups is 2. The number of benzene rings is 2. The minimum absolute atomic E-state index is 0.0385. The van der Waals surface area contributed by atoms with Gasteiger partial charge in [-0.05, 0) is 17.7 Å². The zero-order valence-electron chi connectivity index (χ0n) is 12.6. The predicted molar refractivity (Wildman–Crippen MR) is 89.1 cm³/mol. The molecule has 2 aromatic rings. The fraction of sp³-hybridized carbons (Fsp3) is 0.167. The van der Waals surface area contributed by atoms with Gasteiger partial charge in [0.25, 0.3) is 0 Å². The van der Waals surface area contributed by atoms with Crippen molar-refractivity contribution in [2.24, 2.45) is 11.0 Å². The van der Waals surface area contributed by atoms with E-state index in [9.17, 15) is 9.59 Å². The van der Waals surface area contributed by atoms with E-state index in [-0.39, 0.29) is 24.2 Å². The monoisotopic (exact) mass is 307 g/mol. The summed E-state index contributed by atoms with van der Waals surface area (Å²) in [6, 6.07) is 18.9. The van der Waals surface area contributed by atoms with E-state index in [2.05, 4.69) is 10.5 Å². The lowest BCUT2D eigenvalue weighted by Gasteiger charge is -2.16. The molecule has 1 saturated heterocycles. The second kappa shape index (κ2) is 6.87. The molecule has 1 N–H and O–H groups in total. The molecular formula is C18H17N3O2. The molecule has 5 heteroatoms. The van der Waals surface area contributed by atoms with Gasteiger partial charge in [-0.25, -0.2) is 5.43 Å². The van der Waals surface area contributed by atoms with E-state index in [1.165, 1.54) is 0 Å². The van der Waals surface area contributed by atoms with E-state index in [1.54, 1.807) is 11.1 Å². The van der Waals surface area contributed by atoms with Crippen LogP contribution >= 0.6 is 0 Å². The Balaban J connectivity index is 1.59. The highest BCUT2D eigenvalue weighted by Crippen LogP contribution is 2.24. The number of para-hydroxylation sites is 1. The summed E-state index contributed by atoms with van der Waals surface area (Å²) in [4.78, 5) is 25.9. The maximum absolute atomic E-state index is 12.2. The lowest BCUT2D eigenvalue weighted by molar-refractivity contribution is -0.126. The molecule has 0 aromatic heterocycles. The Hall–Kier alpha value is -2.95. The lowest BCUT2D eigenvalue weighted by Crippen LogP contribution is -2.30. The molecule has 116 valence electrons. The van der Waals surface area contributed by atoms with Gasteiger partial charge >= 0.3 is 0 Å². The average molecular weight is 307 g/mol. The first-order valence-electron chi connectivity index (χ1n) is 7.47. The zero-order chi connectivity index (χ0) is 16.1. The molecule has 2 aromatic carbocycles. The lowest BCUT2D eigenvalue weighted by atomic mass is 10.1. The highest BCUT2D eigenvalue weighted by atomic mass is 16.2. The van der Waals surface area contributed by atoms with Gasteiger partial charge in [0, 0.05) is 18.7 Å². The standard InChI is InChI=1S/C18H17N3O2/c22-17-11-15(13-21(17)16-9-5-2-6-10-16)18(23)20-19-12-14-7-3-1-4-8-14/h1-10,12,15H,11,13H2,(H,20,23)/b19-12+. The van der Waals surface area contributed by atoms with Crippen LogP contribution in [0, 0.1) is 5.92 Å². The van der Waals surface area contributed by atoms with Crippen molar-refractivity contribution in [3.63, 3.8) is 0 Å². The van der Waals surface area contributed by atoms with E-state index < -0.39 is 0 Å². The van der Waals surface area contributed by atoms with E-state index in [0.29, 0.717) is 6.54 Å². The number of hydrogen-bond donors (Lipinski definition) is 1. The van der Waals surface area contributed by atoms with E-state index in [4.69, 9.17) is 0 Å². The summed E-state index contributed by atoms with van der Waals surface area (Å²) in [5.74, 6) is -0.650. The number of hydrazone groups is 1. The summed E-state index contributed by atoms with van der Waals surface area (Å²) in [5.41, 5.74) is 4.24. The summed E-state index contributed by atoms with van der Waals surface area (Å²) >= 11 is 0. The molecule has 1 fully saturated rings. The SMILES string of the molecule is O=C(N/N=C/c1ccccc1)C1CC(=O)N(c2ccccc2)C1. The number of nitrogens with zero attached hydrogens (tertiary/aromatic N) is 2. The third-order valence-corrected chi connectivity index (χ3v) is 3.75. The predicted octanol–water partition coefficient (Wildman–Crippen LogP) is 2.19. The molecule has 1 aliphatic heterocycles. The third kappa shape index (κ3) is 3.63. The Morgan fingerprint density at radius 3 is 2.43 bits per heavy atom. The zero-order valence-corrected chi connectivity index (χ0v) is 12.6. The van der Waals surface area contributed by atoms with Gasteiger partial charge in [-0.15, -0.1) is 0 Å². The van der Waals surface area contributed by atoms with Gasteiger partial charge in [0.15, 0.2) is 0 Å². The van der Waals surface area contributed by atoms with Crippen LogP contribution in [-0.2, 0) is 9.59 Å². The third-order valence-electron chi connectivity index (χ3n) is 3.75. The minimum Gasteiger partial charge on any atom is -0.312 e. The summed E-state index contributed by atoms with van der Waals surface area (Å²) in [7, 11) is 0. The van der Waals surface area contributed by atoms with E-state index in [1.807, 2.05) is 60.7 Å². The summed E-state index contributed by atoms with van der Waals surface area (Å²) < 4.78 is 0. The number of amides is 2. The van der Waals surface area contributed by atoms with Gasteiger partial charge in [0.2, 0.25) is 11.8 Å². The molecule has 2 amide bonds. The summed E-state index contributed by atoms with van der Waals surface area (Å²) in [6.07, 6.45) is 1.80. The molecular weight excluding hydrogens is 290 g/mol. The fourth-order valence-corrected chi connectivity index (χ4v) is 2.54. The molecule has 1 aliphatic rings. The number of nitrogens with one attached hydrogen (secondary N) is 1. The number of hydrogen-bond acceptors (Lipinski definition) is 3. The van der Waals surface area contributed by atoms with Gasteiger partial charge < -0.3 is 4.90 Å². The molecule has 0 radical (unpaired) electrons. The minimum atomic E-state index is -0.379. The normalized spacial score (nSPS) is 17.7. The van der Waals surface area contributed by atoms with E-state index in [0.717, 1.165) is 11.3 Å². The summed E-state index contributed by atoms with van der Waals surface area (Å²) in [6.45, 7) is 0.384. The number of carbonyl (C=O) groups excluding carboxylic acids is 2. The van der Waals surface area contributed by atoms with Gasteiger partial charge in [0.1, 0.15) is 0 Å². The maximum Gasteiger partial charge on any atom is 0.245 e. The van der Waals surface area contributed by atoms with Crippen molar-refractivity contribution in [3.8, 4) is 0 Å². The fourth-order valence-electron chi connectivity index (χ4n) is 2.54. The van der Waals surface area contributed by atoms with Gasteiger partial charge in [-0.3, -0.25) is 9.59 Å². The van der Waals surface area contributed by atoms with Crippen LogP contribution in [0.3, 0.4) is 0 Å². The van der Waals surface area contributed by atoms with Crippen molar-refractivity contribution in [3.05, 3.63) is 66.2 Å². The van der Waals surface area contributed by atoms with Crippen LogP contribution in [0.15, 0.2) is 65.8 Å². The van der Waals surface area contributed by atoms with Crippen LogP contribution in [-0.4, -0.2) is 24.6 Å². The second-order valence-electron chi connectivity index (χ2n) is 5.39. The quantitative estimate of drug-likeness (QED) is 0.695. The maximum atomic E-state index is 12.2. The molecule has 0 saturated carbocycles. The number of anilines is 1. The average Bonchev–Trinajstić information content (AvgIpc) is 2.98. The molecule has 0 aliphatic carbocycles. The van der Waals surface area contributed by atoms with Crippen molar-refractivity contribution in [2.45, 2.75) is 6.42 Å². The molecule has 1 heterocycles. The highest BCUT2D eigenvalue weighted by molar-refractivity contribution is 6.00. The molecule has 0 bridgehead atoms. The molecule has 1 unspecified atom stereocenters. The van der Waals surface area contributed by atoms with Crippen molar-refractivity contribution < 1.29 is 9.59 Å². The van der Waals surface area contributed by atoms with Crippen LogP contribution in [0.4, 0.5) is 5.69 Å². The largest absolute Gasteiger partial charge is 0.312 e. The smallest absolute Gasteiger partial charge is 0.245 e. The molecule has 1 atom stereocenters. The Morgan fingerprint density at radius 2 is 1.74 bits per heavy atom. The molecule has 23 heavy (non-hydrogen) atoms. The van der Waals surface area contributed by atoms with Crippen LogP contribution in [0.5, 0.6) is 0 Å². The first kappa shape index (κ1) is 15.0.